The van der Waals surface area contributed by atoms with Gasteiger partial charge < -0.3 is 19.9 Å². The van der Waals surface area contributed by atoms with E-state index < -0.39 is 24.0 Å². The van der Waals surface area contributed by atoms with Crippen LogP contribution in [0.4, 0.5) is 0 Å². The number of carbonyl (C=O) groups is 2. The molecule has 0 aliphatic heterocycles. The van der Waals surface area contributed by atoms with Crippen molar-refractivity contribution in [1.29, 1.82) is 0 Å². The van der Waals surface area contributed by atoms with Gasteiger partial charge in [0.1, 0.15) is 12.1 Å². The maximum atomic E-state index is 12.3. The van der Waals surface area contributed by atoms with Crippen LogP contribution in [0.1, 0.15) is 50.2 Å². The van der Waals surface area contributed by atoms with Gasteiger partial charge >= 0.3 is 5.97 Å². The van der Waals surface area contributed by atoms with Crippen molar-refractivity contribution < 1.29 is 24.2 Å². The monoisotopic (exact) mass is 363 g/mol. The number of carbonyl (C=O) groups excluding carboxylic acids is 1. The van der Waals surface area contributed by atoms with Crippen molar-refractivity contribution >= 4 is 11.9 Å². The molecule has 1 amide bonds. The first-order valence-electron chi connectivity index (χ1n) is 9.33. The van der Waals surface area contributed by atoms with Crippen LogP contribution in [-0.2, 0) is 25.5 Å². The van der Waals surface area contributed by atoms with Gasteiger partial charge in [-0.25, -0.2) is 4.79 Å². The Morgan fingerprint density at radius 1 is 1.31 bits per heavy atom. The number of aliphatic carboxylic acids is 1. The van der Waals surface area contributed by atoms with Crippen molar-refractivity contribution in [3.63, 3.8) is 0 Å². The van der Waals surface area contributed by atoms with Crippen molar-refractivity contribution in [2.45, 2.75) is 57.6 Å². The number of carboxylic acids is 1. The second-order valence-electron chi connectivity index (χ2n) is 6.63. The van der Waals surface area contributed by atoms with Crippen molar-refractivity contribution in [3.05, 3.63) is 35.4 Å². The fraction of sp³-hybridized carbons (Fsp3) is 0.600. The van der Waals surface area contributed by atoms with E-state index in [0.717, 1.165) is 19.3 Å². The summed E-state index contributed by atoms with van der Waals surface area (Å²) in [6.07, 6.45) is 2.69. The Kier molecular flexibility index (Phi) is 8.06. The molecular weight excluding hydrogens is 334 g/mol. The number of hydrogen-bond donors (Lipinski definition) is 2. The first kappa shape index (κ1) is 20.4. The standard InChI is InChI=1S/C20H29NO5/c1-3-25-11-12-26-14(2)19(22)21-18(20(23)24)13-16-9-6-8-15-7-4-5-10-17(15)16/h4-5,7,10,14,16,18H,3,6,8-9,11-13H2,1-2H3,(H,21,22)(H,23,24). The Balaban J connectivity index is 1.93. The summed E-state index contributed by atoms with van der Waals surface area (Å²) in [4.78, 5) is 23.9. The third-order valence-electron chi connectivity index (χ3n) is 4.80. The minimum Gasteiger partial charge on any atom is -0.480 e. The normalized spacial score (nSPS) is 18.6. The fourth-order valence-corrected chi connectivity index (χ4v) is 3.40. The maximum Gasteiger partial charge on any atom is 0.326 e. The molecule has 2 rings (SSSR count). The Labute approximate surface area is 154 Å². The molecule has 2 N–H and O–H groups in total. The quantitative estimate of drug-likeness (QED) is 0.624. The summed E-state index contributed by atoms with van der Waals surface area (Å²) in [5.74, 6) is -1.27. The Bertz CT molecular complexity index is 604. The lowest BCUT2D eigenvalue weighted by atomic mass is 9.79. The molecule has 1 aromatic carbocycles. The lowest BCUT2D eigenvalue weighted by Crippen LogP contribution is -2.46. The van der Waals surface area contributed by atoms with Gasteiger partial charge in [-0.05, 0) is 56.6 Å². The summed E-state index contributed by atoms with van der Waals surface area (Å²) < 4.78 is 10.6. The molecular formula is C20H29NO5. The SMILES string of the molecule is CCOCCOC(C)C(=O)NC(CC1CCCc2ccccc21)C(=O)O. The molecule has 144 valence electrons. The molecule has 1 aromatic rings. The van der Waals surface area contributed by atoms with Crippen LogP contribution in [-0.4, -0.2) is 48.9 Å². The van der Waals surface area contributed by atoms with Gasteiger partial charge in [-0.1, -0.05) is 24.3 Å². The van der Waals surface area contributed by atoms with E-state index in [1.54, 1.807) is 6.92 Å². The van der Waals surface area contributed by atoms with E-state index >= 15 is 0 Å². The molecule has 0 saturated heterocycles. The average molecular weight is 363 g/mol. The van der Waals surface area contributed by atoms with Gasteiger partial charge in [0.05, 0.1) is 13.2 Å². The van der Waals surface area contributed by atoms with Gasteiger partial charge in [0.15, 0.2) is 0 Å². The number of aryl methyl sites for hydroxylation is 1. The van der Waals surface area contributed by atoms with Gasteiger partial charge in [0.2, 0.25) is 5.91 Å². The number of ether oxygens (including phenoxy) is 2. The van der Waals surface area contributed by atoms with Crippen LogP contribution in [0.2, 0.25) is 0 Å². The van der Waals surface area contributed by atoms with Gasteiger partial charge in [-0.3, -0.25) is 4.79 Å². The molecule has 0 fully saturated rings. The van der Waals surface area contributed by atoms with E-state index in [1.807, 2.05) is 19.1 Å². The number of benzene rings is 1. The summed E-state index contributed by atoms with van der Waals surface area (Å²) >= 11 is 0. The van der Waals surface area contributed by atoms with Crippen LogP contribution >= 0.6 is 0 Å². The highest BCUT2D eigenvalue weighted by Gasteiger charge is 2.29. The number of nitrogens with one attached hydrogen (secondary N) is 1. The second-order valence-corrected chi connectivity index (χ2v) is 6.63. The summed E-state index contributed by atoms with van der Waals surface area (Å²) in [7, 11) is 0. The molecule has 26 heavy (non-hydrogen) atoms. The topological polar surface area (TPSA) is 84.9 Å². The minimum atomic E-state index is -1.01. The highest BCUT2D eigenvalue weighted by molar-refractivity contribution is 5.86. The smallest absolute Gasteiger partial charge is 0.326 e. The zero-order chi connectivity index (χ0) is 18.9. The lowest BCUT2D eigenvalue weighted by molar-refractivity contribution is -0.144. The first-order chi connectivity index (χ1) is 12.5. The van der Waals surface area contributed by atoms with Crippen LogP contribution in [0.5, 0.6) is 0 Å². The van der Waals surface area contributed by atoms with Crippen LogP contribution in [0.3, 0.4) is 0 Å². The minimum absolute atomic E-state index is 0.149. The van der Waals surface area contributed by atoms with Crippen molar-refractivity contribution in [1.82, 2.24) is 5.32 Å². The molecule has 1 aliphatic rings. The highest BCUT2D eigenvalue weighted by atomic mass is 16.5. The van der Waals surface area contributed by atoms with Crippen molar-refractivity contribution in [2.24, 2.45) is 0 Å². The molecule has 3 atom stereocenters. The molecule has 0 radical (unpaired) electrons. The summed E-state index contributed by atoms with van der Waals surface area (Å²) in [5, 5.41) is 12.2. The number of hydrogen-bond acceptors (Lipinski definition) is 4. The van der Waals surface area contributed by atoms with E-state index in [2.05, 4.69) is 17.4 Å². The van der Waals surface area contributed by atoms with Crippen molar-refractivity contribution in [2.75, 3.05) is 19.8 Å². The second kappa shape index (κ2) is 10.3. The lowest BCUT2D eigenvalue weighted by Gasteiger charge is -2.28. The Morgan fingerprint density at radius 2 is 2.08 bits per heavy atom. The number of rotatable bonds is 10. The van der Waals surface area contributed by atoms with Crippen LogP contribution in [0.25, 0.3) is 0 Å². The molecule has 1 aliphatic carbocycles. The molecule has 6 heteroatoms. The molecule has 0 spiro atoms. The number of amides is 1. The molecule has 0 bridgehead atoms. The van der Waals surface area contributed by atoms with Crippen LogP contribution in [0, 0.1) is 0 Å². The van der Waals surface area contributed by atoms with Crippen LogP contribution in [0.15, 0.2) is 24.3 Å². The van der Waals surface area contributed by atoms with Gasteiger partial charge in [0.25, 0.3) is 0 Å². The van der Waals surface area contributed by atoms with Gasteiger partial charge in [-0.2, -0.15) is 0 Å². The Hall–Kier alpha value is -1.92. The average Bonchev–Trinajstić information content (AvgIpc) is 2.64. The highest BCUT2D eigenvalue weighted by Crippen LogP contribution is 2.34. The van der Waals surface area contributed by atoms with Gasteiger partial charge in [0, 0.05) is 6.61 Å². The zero-order valence-corrected chi connectivity index (χ0v) is 15.6. The van der Waals surface area contributed by atoms with E-state index in [0.29, 0.717) is 26.2 Å². The molecule has 0 heterocycles. The summed E-state index contributed by atoms with van der Waals surface area (Å²) in [6.45, 7) is 4.81. The molecule has 3 unspecified atom stereocenters. The maximum absolute atomic E-state index is 12.3. The van der Waals surface area contributed by atoms with Crippen LogP contribution < -0.4 is 5.32 Å². The van der Waals surface area contributed by atoms with E-state index in [4.69, 9.17) is 9.47 Å². The third-order valence-corrected chi connectivity index (χ3v) is 4.80. The molecule has 6 nitrogen and oxygen atoms in total. The molecule has 0 saturated carbocycles. The predicted molar refractivity (Wildman–Crippen MR) is 98.2 cm³/mol. The van der Waals surface area contributed by atoms with Gasteiger partial charge in [-0.15, -0.1) is 0 Å². The van der Waals surface area contributed by atoms with Crippen molar-refractivity contribution in [3.8, 4) is 0 Å². The third kappa shape index (κ3) is 5.81. The summed E-state index contributed by atoms with van der Waals surface area (Å²) in [6, 6.07) is 7.25. The molecule has 0 aromatic heterocycles. The Morgan fingerprint density at radius 3 is 2.81 bits per heavy atom. The van der Waals surface area contributed by atoms with E-state index in [9.17, 15) is 14.7 Å². The zero-order valence-electron chi connectivity index (χ0n) is 15.6. The first-order valence-corrected chi connectivity index (χ1v) is 9.33. The number of fused-ring (bicyclic) bond motifs is 1. The summed E-state index contributed by atoms with van der Waals surface area (Å²) in [5.41, 5.74) is 2.49. The predicted octanol–water partition coefficient (Wildman–Crippen LogP) is 2.51. The number of carboxylic acid groups (broad SMARTS) is 1. The fourth-order valence-electron chi connectivity index (χ4n) is 3.40. The van der Waals surface area contributed by atoms with E-state index in [1.165, 1.54) is 11.1 Å². The largest absolute Gasteiger partial charge is 0.480 e. The van der Waals surface area contributed by atoms with E-state index in [-0.39, 0.29) is 5.92 Å².